The Morgan fingerprint density at radius 1 is 1.32 bits per heavy atom. The second kappa shape index (κ2) is 5.21. The summed E-state index contributed by atoms with van der Waals surface area (Å²) >= 11 is 0. The third-order valence-corrected chi connectivity index (χ3v) is 4.49. The van der Waals surface area contributed by atoms with E-state index in [1.165, 1.54) is 12.0 Å². The van der Waals surface area contributed by atoms with Gasteiger partial charge in [0.2, 0.25) is 0 Å². The normalized spacial score (nSPS) is 28.8. The lowest BCUT2D eigenvalue weighted by Crippen LogP contribution is -2.48. The molecule has 1 saturated carbocycles. The maximum Gasteiger partial charge on any atom is 0.407 e. The van der Waals surface area contributed by atoms with Crippen molar-refractivity contribution in [3.05, 3.63) is 35.9 Å². The number of piperidine rings is 1. The molecule has 4 heteroatoms. The molecule has 19 heavy (non-hydrogen) atoms. The number of hydrogen-bond donors (Lipinski definition) is 2. The Morgan fingerprint density at radius 2 is 2.11 bits per heavy atom. The van der Waals surface area contributed by atoms with E-state index < -0.39 is 6.09 Å². The Bertz CT molecular complexity index is 449. The molecule has 1 aromatic rings. The predicted molar refractivity (Wildman–Crippen MR) is 72.9 cm³/mol. The van der Waals surface area contributed by atoms with Crippen LogP contribution in [0.15, 0.2) is 30.3 Å². The van der Waals surface area contributed by atoms with Crippen molar-refractivity contribution in [3.8, 4) is 0 Å². The van der Waals surface area contributed by atoms with Gasteiger partial charge in [-0.15, -0.1) is 0 Å². The molecule has 4 nitrogen and oxygen atoms in total. The summed E-state index contributed by atoms with van der Waals surface area (Å²) in [5.74, 6) is 0.560. The van der Waals surface area contributed by atoms with E-state index in [4.69, 9.17) is 0 Å². The van der Waals surface area contributed by atoms with Crippen molar-refractivity contribution in [2.75, 3.05) is 6.54 Å². The predicted octanol–water partition coefficient (Wildman–Crippen LogP) is 2.31. The van der Waals surface area contributed by atoms with Gasteiger partial charge >= 0.3 is 6.09 Å². The number of fused-ring (bicyclic) bond motifs is 2. The molecule has 1 saturated heterocycles. The fourth-order valence-corrected chi connectivity index (χ4v) is 3.61. The number of amides is 1. The largest absolute Gasteiger partial charge is 0.465 e. The van der Waals surface area contributed by atoms with E-state index in [0.717, 1.165) is 25.9 Å². The highest BCUT2D eigenvalue weighted by atomic mass is 16.4. The number of benzene rings is 1. The summed E-state index contributed by atoms with van der Waals surface area (Å²) in [5.41, 5.74) is 1.24. The van der Waals surface area contributed by atoms with Crippen LogP contribution in [-0.4, -0.2) is 34.7 Å². The van der Waals surface area contributed by atoms with Crippen molar-refractivity contribution in [2.24, 2.45) is 5.92 Å². The lowest BCUT2D eigenvalue weighted by Gasteiger charge is -2.33. The molecule has 0 unspecified atom stereocenters. The van der Waals surface area contributed by atoms with Gasteiger partial charge in [0, 0.05) is 19.1 Å². The molecule has 1 aliphatic heterocycles. The summed E-state index contributed by atoms with van der Waals surface area (Å²) in [6.07, 6.45) is 2.54. The van der Waals surface area contributed by atoms with Crippen molar-refractivity contribution in [2.45, 2.75) is 37.9 Å². The molecule has 0 radical (unpaired) electrons. The number of rotatable bonds is 4. The fourth-order valence-electron chi connectivity index (χ4n) is 3.61. The first-order valence-electron chi connectivity index (χ1n) is 7.01. The van der Waals surface area contributed by atoms with Gasteiger partial charge in [0.05, 0.1) is 6.04 Å². The zero-order valence-electron chi connectivity index (χ0n) is 11.0. The fraction of sp³-hybridized carbons (Fsp3) is 0.533. The van der Waals surface area contributed by atoms with Gasteiger partial charge in [0.1, 0.15) is 0 Å². The molecule has 1 amide bonds. The van der Waals surface area contributed by atoms with Gasteiger partial charge < -0.3 is 15.3 Å². The van der Waals surface area contributed by atoms with Crippen LogP contribution in [0.4, 0.5) is 4.79 Å². The van der Waals surface area contributed by atoms with Crippen LogP contribution >= 0.6 is 0 Å². The van der Waals surface area contributed by atoms with Crippen molar-refractivity contribution in [1.29, 1.82) is 0 Å². The van der Waals surface area contributed by atoms with Crippen molar-refractivity contribution < 1.29 is 9.90 Å². The van der Waals surface area contributed by atoms with Crippen LogP contribution < -0.4 is 5.32 Å². The average molecular weight is 260 g/mol. The van der Waals surface area contributed by atoms with E-state index in [1.807, 2.05) is 18.2 Å². The molecular formula is C15H20N2O2. The number of hydrogen-bond acceptors (Lipinski definition) is 2. The molecule has 2 N–H and O–H groups in total. The Hall–Kier alpha value is -1.55. The van der Waals surface area contributed by atoms with Crippen molar-refractivity contribution in [3.63, 3.8) is 0 Å². The molecule has 3 atom stereocenters. The standard InChI is InChI=1S/C15H20N2O2/c18-15(19)17-13-7-6-12(8-13)14(17)10-16-9-11-4-2-1-3-5-11/h1-5,12-14,16H,6-10H2,(H,18,19)/t12-,13+,14+/m0/s1. The Labute approximate surface area is 113 Å². The van der Waals surface area contributed by atoms with Gasteiger partial charge in [-0.2, -0.15) is 0 Å². The molecule has 1 heterocycles. The smallest absolute Gasteiger partial charge is 0.407 e. The van der Waals surface area contributed by atoms with Crippen LogP contribution in [0.2, 0.25) is 0 Å². The first kappa shape index (κ1) is 12.5. The number of nitrogens with one attached hydrogen (secondary N) is 1. The van der Waals surface area contributed by atoms with E-state index in [2.05, 4.69) is 17.4 Å². The molecular weight excluding hydrogens is 240 g/mol. The Balaban J connectivity index is 1.56. The minimum Gasteiger partial charge on any atom is -0.465 e. The lowest BCUT2D eigenvalue weighted by molar-refractivity contribution is 0.101. The SMILES string of the molecule is O=C(O)N1[C@@H]2CC[C@@H](C2)[C@H]1CNCc1ccccc1. The summed E-state index contributed by atoms with van der Waals surface area (Å²) in [4.78, 5) is 13.0. The summed E-state index contributed by atoms with van der Waals surface area (Å²) in [6.45, 7) is 1.57. The number of likely N-dealkylation sites (tertiary alicyclic amines) is 1. The summed E-state index contributed by atoms with van der Waals surface area (Å²) < 4.78 is 0. The highest BCUT2D eigenvalue weighted by Gasteiger charge is 2.47. The number of carbonyl (C=O) groups is 1. The van der Waals surface area contributed by atoms with Crippen LogP contribution in [0.5, 0.6) is 0 Å². The van der Waals surface area contributed by atoms with E-state index in [0.29, 0.717) is 5.92 Å². The average Bonchev–Trinajstić information content (AvgIpc) is 3.00. The molecule has 2 aliphatic rings. The highest BCUT2D eigenvalue weighted by Crippen LogP contribution is 2.42. The molecule has 1 aromatic carbocycles. The number of nitrogens with zero attached hydrogens (tertiary/aromatic N) is 1. The molecule has 2 bridgehead atoms. The molecule has 0 spiro atoms. The second-order valence-electron chi connectivity index (χ2n) is 5.60. The van der Waals surface area contributed by atoms with Gasteiger partial charge in [-0.25, -0.2) is 4.79 Å². The third-order valence-electron chi connectivity index (χ3n) is 4.49. The van der Waals surface area contributed by atoms with E-state index in [-0.39, 0.29) is 12.1 Å². The minimum absolute atomic E-state index is 0.167. The zero-order valence-corrected chi connectivity index (χ0v) is 11.0. The Morgan fingerprint density at radius 3 is 2.84 bits per heavy atom. The van der Waals surface area contributed by atoms with Gasteiger partial charge in [-0.05, 0) is 30.7 Å². The molecule has 2 fully saturated rings. The highest BCUT2D eigenvalue weighted by molar-refractivity contribution is 5.66. The zero-order chi connectivity index (χ0) is 13.2. The van der Waals surface area contributed by atoms with Crippen LogP contribution in [0.3, 0.4) is 0 Å². The van der Waals surface area contributed by atoms with Crippen LogP contribution in [0.1, 0.15) is 24.8 Å². The maximum atomic E-state index is 11.3. The topological polar surface area (TPSA) is 52.6 Å². The second-order valence-corrected chi connectivity index (χ2v) is 5.60. The van der Waals surface area contributed by atoms with Gasteiger partial charge in [-0.3, -0.25) is 0 Å². The van der Waals surface area contributed by atoms with Crippen LogP contribution in [0.25, 0.3) is 0 Å². The molecule has 102 valence electrons. The molecule has 1 aliphatic carbocycles. The van der Waals surface area contributed by atoms with Gasteiger partial charge in [-0.1, -0.05) is 30.3 Å². The molecule has 3 rings (SSSR count). The minimum atomic E-state index is -0.751. The lowest BCUT2D eigenvalue weighted by atomic mass is 9.99. The van der Waals surface area contributed by atoms with Crippen molar-refractivity contribution >= 4 is 6.09 Å². The summed E-state index contributed by atoms with van der Waals surface area (Å²) in [5, 5.41) is 12.7. The Kier molecular flexibility index (Phi) is 3.42. The van der Waals surface area contributed by atoms with E-state index >= 15 is 0 Å². The van der Waals surface area contributed by atoms with Crippen LogP contribution in [-0.2, 0) is 6.54 Å². The van der Waals surface area contributed by atoms with Crippen LogP contribution in [0, 0.1) is 5.92 Å². The monoisotopic (exact) mass is 260 g/mol. The summed E-state index contributed by atoms with van der Waals surface area (Å²) in [7, 11) is 0. The summed E-state index contributed by atoms with van der Waals surface area (Å²) in [6, 6.07) is 10.7. The van der Waals surface area contributed by atoms with Crippen molar-refractivity contribution in [1.82, 2.24) is 10.2 Å². The van der Waals surface area contributed by atoms with E-state index in [1.54, 1.807) is 4.90 Å². The molecule has 0 aromatic heterocycles. The first-order chi connectivity index (χ1) is 9.25. The third kappa shape index (κ3) is 2.45. The first-order valence-corrected chi connectivity index (χ1v) is 7.01. The van der Waals surface area contributed by atoms with Gasteiger partial charge in [0.15, 0.2) is 0 Å². The number of carboxylic acid groups (broad SMARTS) is 1. The maximum absolute atomic E-state index is 11.3. The van der Waals surface area contributed by atoms with Gasteiger partial charge in [0.25, 0.3) is 0 Å². The van der Waals surface area contributed by atoms with E-state index in [9.17, 15) is 9.90 Å². The quantitative estimate of drug-likeness (QED) is 0.873.